The summed E-state index contributed by atoms with van der Waals surface area (Å²) in [6, 6.07) is 3.15. The first kappa shape index (κ1) is 17.7. The number of carbonyl (C=O) groups excluding carboxylic acids is 2. The van der Waals surface area contributed by atoms with E-state index in [1.165, 1.54) is 6.20 Å². The van der Waals surface area contributed by atoms with Gasteiger partial charge in [0.25, 0.3) is 0 Å². The molecule has 0 bridgehead atoms. The molecule has 0 spiro atoms. The van der Waals surface area contributed by atoms with Crippen molar-refractivity contribution in [1.82, 2.24) is 4.98 Å². The van der Waals surface area contributed by atoms with Crippen molar-refractivity contribution in [1.29, 1.82) is 0 Å². The number of anilines is 2. The Morgan fingerprint density at radius 2 is 1.41 bits per heavy atom. The van der Waals surface area contributed by atoms with Gasteiger partial charge in [-0.05, 0) is 53.7 Å². The van der Waals surface area contributed by atoms with Crippen molar-refractivity contribution in [2.24, 2.45) is 0 Å². The second-order valence-electron chi connectivity index (χ2n) is 6.69. The van der Waals surface area contributed by atoms with Gasteiger partial charge in [-0.25, -0.2) is 14.6 Å². The number of nitrogens with one attached hydrogen (secondary N) is 2. The van der Waals surface area contributed by atoms with Gasteiger partial charge >= 0.3 is 12.2 Å². The molecule has 0 radical (unpaired) electrons. The smallest absolute Gasteiger partial charge is 0.413 e. The van der Waals surface area contributed by atoms with Crippen LogP contribution in [0.5, 0.6) is 0 Å². The van der Waals surface area contributed by atoms with Gasteiger partial charge in [0.15, 0.2) is 0 Å². The molecule has 0 aliphatic rings. The van der Waals surface area contributed by atoms with E-state index in [4.69, 9.17) is 9.47 Å². The molecule has 1 aromatic rings. The second kappa shape index (κ2) is 6.64. The zero-order chi connectivity index (χ0) is 17.0. The molecule has 0 aliphatic carbocycles. The molecule has 0 saturated carbocycles. The van der Waals surface area contributed by atoms with E-state index < -0.39 is 23.4 Å². The molecule has 2 N–H and O–H groups in total. The van der Waals surface area contributed by atoms with Gasteiger partial charge in [0.1, 0.15) is 17.0 Å². The van der Waals surface area contributed by atoms with Crippen LogP contribution in [0.4, 0.5) is 21.1 Å². The first-order valence-corrected chi connectivity index (χ1v) is 6.91. The number of hydrogen-bond donors (Lipinski definition) is 2. The summed E-state index contributed by atoms with van der Waals surface area (Å²) in [5.74, 6) is 0.323. The lowest BCUT2D eigenvalue weighted by Gasteiger charge is -2.20. The summed E-state index contributed by atoms with van der Waals surface area (Å²) >= 11 is 0. The molecular formula is C15H23N3O4. The van der Waals surface area contributed by atoms with Crippen molar-refractivity contribution in [3.05, 3.63) is 18.3 Å². The lowest BCUT2D eigenvalue weighted by atomic mass is 10.2. The normalized spacial score (nSPS) is 11.5. The fourth-order valence-electron chi connectivity index (χ4n) is 1.37. The zero-order valence-corrected chi connectivity index (χ0v) is 13.8. The van der Waals surface area contributed by atoms with Crippen molar-refractivity contribution < 1.29 is 19.1 Å². The van der Waals surface area contributed by atoms with E-state index in [-0.39, 0.29) is 0 Å². The Kier molecular flexibility index (Phi) is 5.35. The molecule has 122 valence electrons. The number of amides is 2. The maximum Gasteiger partial charge on any atom is 0.413 e. The quantitative estimate of drug-likeness (QED) is 0.867. The van der Waals surface area contributed by atoms with Crippen LogP contribution in [0.15, 0.2) is 18.3 Å². The Morgan fingerprint density at radius 3 is 1.82 bits per heavy atom. The fraction of sp³-hybridized carbons (Fsp3) is 0.533. The average Bonchev–Trinajstić information content (AvgIpc) is 2.26. The molecule has 0 fully saturated rings. The number of nitrogens with zero attached hydrogens (tertiary/aromatic N) is 1. The summed E-state index contributed by atoms with van der Waals surface area (Å²) in [7, 11) is 0. The highest BCUT2D eigenvalue weighted by molar-refractivity contribution is 5.86. The van der Waals surface area contributed by atoms with Gasteiger partial charge in [-0.2, -0.15) is 0 Å². The number of pyridine rings is 1. The van der Waals surface area contributed by atoms with Crippen molar-refractivity contribution in [2.45, 2.75) is 52.7 Å². The van der Waals surface area contributed by atoms with Crippen molar-refractivity contribution in [3.8, 4) is 0 Å². The number of carbonyl (C=O) groups is 2. The van der Waals surface area contributed by atoms with E-state index in [0.717, 1.165) is 0 Å². The predicted molar refractivity (Wildman–Crippen MR) is 84.0 cm³/mol. The monoisotopic (exact) mass is 309 g/mol. The third-order valence-electron chi connectivity index (χ3n) is 2.04. The van der Waals surface area contributed by atoms with Crippen molar-refractivity contribution in [3.63, 3.8) is 0 Å². The van der Waals surface area contributed by atoms with Crippen LogP contribution in [-0.4, -0.2) is 28.4 Å². The molecule has 7 heteroatoms. The Morgan fingerprint density at radius 1 is 0.909 bits per heavy atom. The van der Waals surface area contributed by atoms with E-state index >= 15 is 0 Å². The van der Waals surface area contributed by atoms with Gasteiger partial charge in [-0.15, -0.1) is 0 Å². The van der Waals surface area contributed by atoms with E-state index in [0.29, 0.717) is 11.5 Å². The van der Waals surface area contributed by atoms with Crippen LogP contribution in [0.1, 0.15) is 41.5 Å². The number of ether oxygens (including phenoxy) is 2. The summed E-state index contributed by atoms with van der Waals surface area (Å²) in [6.45, 7) is 10.6. The summed E-state index contributed by atoms with van der Waals surface area (Å²) in [4.78, 5) is 27.2. The van der Waals surface area contributed by atoms with Crippen LogP contribution in [0.3, 0.4) is 0 Å². The summed E-state index contributed by atoms with van der Waals surface area (Å²) < 4.78 is 10.2. The maximum absolute atomic E-state index is 11.6. The SMILES string of the molecule is CC(C)(C)OC(=O)Nc1ccc(NC(=O)OC(C)(C)C)nc1. The van der Waals surface area contributed by atoms with Crippen LogP contribution in [0.2, 0.25) is 0 Å². The van der Waals surface area contributed by atoms with Gasteiger partial charge in [0.05, 0.1) is 11.9 Å². The summed E-state index contributed by atoms with van der Waals surface area (Å²) in [6.07, 6.45) is 0.256. The standard InChI is InChI=1S/C15H23N3O4/c1-14(2,3)21-12(19)17-10-7-8-11(16-9-10)18-13(20)22-15(4,5)6/h7-9H,1-6H3,(H,17,19)(H,16,18,20). The molecule has 0 unspecified atom stereocenters. The number of hydrogen-bond acceptors (Lipinski definition) is 5. The van der Waals surface area contributed by atoms with Gasteiger partial charge < -0.3 is 9.47 Å². The van der Waals surface area contributed by atoms with Gasteiger partial charge in [0.2, 0.25) is 0 Å². The molecule has 22 heavy (non-hydrogen) atoms. The van der Waals surface area contributed by atoms with Gasteiger partial charge in [0, 0.05) is 0 Å². The highest BCUT2D eigenvalue weighted by Gasteiger charge is 2.17. The van der Waals surface area contributed by atoms with Crippen LogP contribution >= 0.6 is 0 Å². The van der Waals surface area contributed by atoms with Crippen LogP contribution in [-0.2, 0) is 9.47 Å². The molecule has 7 nitrogen and oxygen atoms in total. The molecular weight excluding hydrogens is 286 g/mol. The highest BCUT2D eigenvalue weighted by atomic mass is 16.6. The van der Waals surface area contributed by atoms with Crippen LogP contribution in [0, 0.1) is 0 Å². The molecule has 2 amide bonds. The van der Waals surface area contributed by atoms with Gasteiger partial charge in [-0.3, -0.25) is 10.6 Å². The molecule has 1 rings (SSSR count). The first-order chi connectivity index (χ1) is 9.94. The van der Waals surface area contributed by atoms with E-state index in [9.17, 15) is 9.59 Å². The molecule has 0 saturated heterocycles. The molecule has 0 aliphatic heterocycles. The Bertz CT molecular complexity index is 478. The molecule has 0 aromatic carbocycles. The summed E-state index contributed by atoms with van der Waals surface area (Å²) in [5.41, 5.74) is -0.693. The van der Waals surface area contributed by atoms with E-state index in [1.807, 2.05) is 0 Å². The second-order valence-corrected chi connectivity index (χ2v) is 6.69. The average molecular weight is 309 g/mol. The van der Waals surface area contributed by atoms with Crippen LogP contribution < -0.4 is 10.6 Å². The van der Waals surface area contributed by atoms with Crippen LogP contribution in [0.25, 0.3) is 0 Å². The molecule has 0 atom stereocenters. The maximum atomic E-state index is 11.6. The predicted octanol–water partition coefficient (Wildman–Crippen LogP) is 3.78. The van der Waals surface area contributed by atoms with E-state index in [2.05, 4.69) is 15.6 Å². The lowest BCUT2D eigenvalue weighted by molar-refractivity contribution is 0.0623. The Balaban J connectivity index is 2.56. The van der Waals surface area contributed by atoms with Crippen molar-refractivity contribution >= 4 is 23.7 Å². The molecule has 1 aromatic heterocycles. The Hall–Kier alpha value is -2.31. The Labute approximate surface area is 130 Å². The van der Waals surface area contributed by atoms with Crippen molar-refractivity contribution in [2.75, 3.05) is 10.6 Å². The third-order valence-corrected chi connectivity index (χ3v) is 2.04. The third kappa shape index (κ3) is 7.47. The fourth-order valence-corrected chi connectivity index (χ4v) is 1.37. The van der Waals surface area contributed by atoms with Gasteiger partial charge in [-0.1, -0.05) is 0 Å². The highest BCUT2D eigenvalue weighted by Crippen LogP contribution is 2.14. The summed E-state index contributed by atoms with van der Waals surface area (Å²) in [5, 5.41) is 5.05. The largest absolute Gasteiger partial charge is 0.444 e. The lowest BCUT2D eigenvalue weighted by Crippen LogP contribution is -2.28. The van der Waals surface area contributed by atoms with E-state index in [1.54, 1.807) is 53.7 Å². The molecule has 1 heterocycles. The minimum Gasteiger partial charge on any atom is -0.444 e. The minimum absolute atomic E-state index is 0.323. The number of rotatable bonds is 2. The zero-order valence-electron chi connectivity index (χ0n) is 13.8. The number of aromatic nitrogens is 1. The first-order valence-electron chi connectivity index (χ1n) is 6.91. The topological polar surface area (TPSA) is 89.6 Å². The minimum atomic E-state index is -0.590.